The molecule has 1 amide bonds. The molecule has 1 aromatic heterocycles. The normalized spacial score (nSPS) is 12.7. The van der Waals surface area contributed by atoms with Gasteiger partial charge in [0, 0.05) is 0 Å². The van der Waals surface area contributed by atoms with Gasteiger partial charge in [-0.3, -0.25) is 4.79 Å². The summed E-state index contributed by atoms with van der Waals surface area (Å²) in [7, 11) is 0. The number of nitrogens with one attached hydrogen (secondary N) is 1. The zero-order chi connectivity index (χ0) is 16.0. The maximum atomic E-state index is 12.0. The van der Waals surface area contributed by atoms with Crippen LogP contribution in [0, 0.1) is 11.3 Å². The zero-order valence-electron chi connectivity index (χ0n) is 11.8. The second-order valence-corrected chi connectivity index (χ2v) is 5.46. The summed E-state index contributed by atoms with van der Waals surface area (Å²) in [6, 6.07) is 16.9. The van der Waals surface area contributed by atoms with Gasteiger partial charge in [0.2, 0.25) is 5.91 Å². The lowest BCUT2D eigenvalue weighted by Gasteiger charge is -2.32. The average molecular weight is 356 g/mol. The number of halogens is 1. The highest BCUT2D eigenvalue weighted by Crippen LogP contribution is 2.32. The van der Waals surface area contributed by atoms with Gasteiger partial charge < -0.3 is 5.32 Å². The van der Waals surface area contributed by atoms with Crippen molar-refractivity contribution in [3.8, 4) is 6.07 Å². The van der Waals surface area contributed by atoms with Gasteiger partial charge in [0.15, 0.2) is 0 Å². The smallest absolute Gasteiger partial charge is 0.244 e. The maximum Gasteiger partial charge on any atom is 0.244 e. The van der Waals surface area contributed by atoms with Crippen molar-refractivity contribution in [3.63, 3.8) is 0 Å². The van der Waals surface area contributed by atoms with Crippen molar-refractivity contribution in [1.82, 2.24) is 10.3 Å². The van der Waals surface area contributed by atoms with E-state index in [9.17, 15) is 10.1 Å². The Balaban J connectivity index is 2.67. The number of hydrogen-bond acceptors (Lipinski definition) is 3. The summed E-state index contributed by atoms with van der Waals surface area (Å²) >= 11 is 3.33. The molecule has 22 heavy (non-hydrogen) atoms. The van der Waals surface area contributed by atoms with Crippen LogP contribution in [0.25, 0.3) is 0 Å². The first kappa shape index (κ1) is 15.9. The minimum atomic E-state index is -1.02. The lowest BCUT2D eigenvalue weighted by Crippen LogP contribution is -2.46. The van der Waals surface area contributed by atoms with Gasteiger partial charge in [-0.25, -0.2) is 4.98 Å². The summed E-state index contributed by atoms with van der Waals surface area (Å²) in [6.45, 7) is 3.49. The van der Waals surface area contributed by atoms with Crippen LogP contribution in [-0.4, -0.2) is 10.9 Å². The molecule has 0 aliphatic heterocycles. The molecule has 0 unspecified atom stereocenters. The second-order valence-electron chi connectivity index (χ2n) is 4.65. The maximum absolute atomic E-state index is 12.0. The molecule has 1 aromatic carbocycles. The van der Waals surface area contributed by atoms with E-state index in [1.807, 2.05) is 36.4 Å². The molecule has 4 nitrogen and oxygen atoms in total. The lowest BCUT2D eigenvalue weighted by atomic mass is 9.83. The van der Waals surface area contributed by atoms with Crippen molar-refractivity contribution in [1.29, 1.82) is 5.26 Å². The predicted octanol–water partition coefficient (Wildman–Crippen LogP) is 3.30. The van der Waals surface area contributed by atoms with Gasteiger partial charge in [0.25, 0.3) is 0 Å². The van der Waals surface area contributed by atoms with E-state index in [0.717, 1.165) is 5.56 Å². The van der Waals surface area contributed by atoms with E-state index in [0.29, 0.717) is 10.3 Å². The van der Waals surface area contributed by atoms with Crippen molar-refractivity contribution in [3.05, 3.63) is 77.0 Å². The number of aromatic nitrogens is 1. The summed E-state index contributed by atoms with van der Waals surface area (Å²) in [5.74, 6) is -0.360. The van der Waals surface area contributed by atoms with Gasteiger partial charge in [-0.1, -0.05) is 43.0 Å². The zero-order valence-corrected chi connectivity index (χ0v) is 13.4. The van der Waals surface area contributed by atoms with Crippen molar-refractivity contribution >= 4 is 21.8 Å². The first-order valence-electron chi connectivity index (χ1n) is 6.62. The Hall–Kier alpha value is -2.45. The Bertz CT molecular complexity index is 724. The number of rotatable bonds is 5. The molecule has 0 radical (unpaired) electrons. The third-order valence-corrected chi connectivity index (χ3v) is 3.73. The van der Waals surface area contributed by atoms with E-state index in [-0.39, 0.29) is 12.3 Å². The van der Waals surface area contributed by atoms with Gasteiger partial charge in [-0.05, 0) is 39.7 Å². The fraction of sp³-hybridized carbons (Fsp3) is 0.118. The number of carbonyl (C=O) groups is 1. The van der Waals surface area contributed by atoms with Crippen LogP contribution >= 0.6 is 15.9 Å². The molecule has 0 fully saturated rings. The number of benzene rings is 1. The van der Waals surface area contributed by atoms with Gasteiger partial charge >= 0.3 is 0 Å². The number of hydrogen-bond donors (Lipinski definition) is 1. The van der Waals surface area contributed by atoms with Crippen molar-refractivity contribution in [2.24, 2.45) is 0 Å². The highest BCUT2D eigenvalue weighted by molar-refractivity contribution is 9.10. The third-order valence-electron chi connectivity index (χ3n) is 3.29. The monoisotopic (exact) mass is 355 g/mol. The van der Waals surface area contributed by atoms with Crippen LogP contribution in [0.15, 0.2) is 65.8 Å². The molecule has 0 aliphatic rings. The quantitative estimate of drug-likeness (QED) is 0.660. The standard InChI is InChI=1S/C17H14BrN3O/c1-2-16(22)21-17(11-12-19,13-7-4-3-5-8-13)14-9-6-10-15(18)20-14/h2-10H,1,11H2,(H,21,22)/t17-/m0/s1. The molecule has 0 bridgehead atoms. The number of nitriles is 1. The van der Waals surface area contributed by atoms with Crippen LogP contribution < -0.4 is 5.32 Å². The largest absolute Gasteiger partial charge is 0.336 e. The van der Waals surface area contributed by atoms with E-state index in [1.165, 1.54) is 6.08 Å². The highest BCUT2D eigenvalue weighted by Gasteiger charge is 2.37. The molecule has 1 heterocycles. The molecule has 2 aromatic rings. The third kappa shape index (κ3) is 3.23. The van der Waals surface area contributed by atoms with E-state index in [2.05, 4.69) is 38.9 Å². The molecule has 110 valence electrons. The second kappa shape index (κ2) is 7.01. The van der Waals surface area contributed by atoms with Crippen LogP contribution in [0.1, 0.15) is 17.7 Å². The summed E-state index contributed by atoms with van der Waals surface area (Å²) in [6.07, 6.45) is 1.24. The van der Waals surface area contributed by atoms with E-state index >= 15 is 0 Å². The van der Waals surface area contributed by atoms with E-state index in [4.69, 9.17) is 0 Å². The van der Waals surface area contributed by atoms with Crippen LogP contribution in [0.3, 0.4) is 0 Å². The molecule has 0 saturated carbocycles. The van der Waals surface area contributed by atoms with Gasteiger partial charge in [-0.2, -0.15) is 5.26 Å². The summed E-state index contributed by atoms with van der Waals surface area (Å²) in [5.41, 5.74) is 0.354. The number of nitrogens with zero attached hydrogens (tertiary/aromatic N) is 2. The summed E-state index contributed by atoms with van der Waals surface area (Å²) in [4.78, 5) is 16.4. The van der Waals surface area contributed by atoms with Crippen LogP contribution in [0.4, 0.5) is 0 Å². The van der Waals surface area contributed by atoms with E-state index < -0.39 is 5.54 Å². The summed E-state index contributed by atoms with van der Waals surface area (Å²) < 4.78 is 0.635. The molecule has 1 N–H and O–H groups in total. The van der Waals surface area contributed by atoms with Crippen LogP contribution in [0.5, 0.6) is 0 Å². The minimum Gasteiger partial charge on any atom is -0.336 e. The Morgan fingerprint density at radius 2 is 2.05 bits per heavy atom. The van der Waals surface area contributed by atoms with Crippen molar-refractivity contribution in [2.45, 2.75) is 12.0 Å². The minimum absolute atomic E-state index is 0.0556. The SMILES string of the molecule is C=CC(=O)N[C@@](CC#N)(c1ccccc1)c1cccc(Br)n1. The first-order valence-corrected chi connectivity index (χ1v) is 7.42. The van der Waals surface area contributed by atoms with Crippen LogP contribution in [-0.2, 0) is 10.3 Å². The lowest BCUT2D eigenvalue weighted by molar-refractivity contribution is -0.118. The molecule has 0 saturated heterocycles. The van der Waals surface area contributed by atoms with Gasteiger partial charge in [0.05, 0.1) is 18.2 Å². The molecular weight excluding hydrogens is 342 g/mol. The Labute approximate surface area is 137 Å². The van der Waals surface area contributed by atoms with Gasteiger partial charge in [-0.15, -0.1) is 0 Å². The molecule has 5 heteroatoms. The van der Waals surface area contributed by atoms with Crippen molar-refractivity contribution < 1.29 is 4.79 Å². The van der Waals surface area contributed by atoms with Gasteiger partial charge in [0.1, 0.15) is 10.1 Å². The number of amides is 1. The van der Waals surface area contributed by atoms with Crippen LogP contribution in [0.2, 0.25) is 0 Å². The Morgan fingerprint density at radius 3 is 2.64 bits per heavy atom. The van der Waals surface area contributed by atoms with E-state index in [1.54, 1.807) is 12.1 Å². The molecule has 0 aliphatic carbocycles. The summed E-state index contributed by atoms with van der Waals surface area (Å²) in [5, 5.41) is 12.2. The number of carbonyl (C=O) groups excluding carboxylic acids is 1. The fourth-order valence-electron chi connectivity index (χ4n) is 2.27. The average Bonchev–Trinajstić information content (AvgIpc) is 2.55. The first-order chi connectivity index (χ1) is 10.6. The number of pyridine rings is 1. The molecule has 2 rings (SSSR count). The van der Waals surface area contributed by atoms with Crippen molar-refractivity contribution in [2.75, 3.05) is 0 Å². The predicted molar refractivity (Wildman–Crippen MR) is 87.7 cm³/mol. The molecule has 0 spiro atoms. The highest BCUT2D eigenvalue weighted by atomic mass is 79.9. The molecular formula is C17H14BrN3O. The fourth-order valence-corrected chi connectivity index (χ4v) is 2.61. The molecule has 1 atom stereocenters. The Morgan fingerprint density at radius 1 is 1.32 bits per heavy atom. The Kier molecular flexibility index (Phi) is 5.08. The topological polar surface area (TPSA) is 65.8 Å².